The number of rotatable bonds is 8. The van der Waals surface area contributed by atoms with E-state index in [0.717, 1.165) is 41.3 Å². The number of hydrogen-bond acceptors (Lipinski definition) is 5. The van der Waals surface area contributed by atoms with Gasteiger partial charge in [0.05, 0.1) is 6.04 Å². The number of hydrogen-bond donors (Lipinski definition) is 4. The van der Waals surface area contributed by atoms with Crippen LogP contribution in [-0.4, -0.2) is 49.1 Å². The Bertz CT molecular complexity index is 1700. The van der Waals surface area contributed by atoms with Gasteiger partial charge in [-0.3, -0.25) is 14.2 Å². The second-order valence-electron chi connectivity index (χ2n) is 11.9. The number of benzene rings is 2. The van der Waals surface area contributed by atoms with Crippen LogP contribution in [0.3, 0.4) is 0 Å². The molecule has 2 atom stereocenters. The minimum absolute atomic E-state index is 0.0251. The van der Waals surface area contributed by atoms with Crippen LogP contribution < -0.4 is 5.32 Å². The zero-order valence-corrected chi connectivity index (χ0v) is 25.6. The van der Waals surface area contributed by atoms with Gasteiger partial charge >= 0.3 is 13.3 Å². The van der Waals surface area contributed by atoms with Crippen LogP contribution >= 0.6 is 18.9 Å². The Morgan fingerprint density at radius 2 is 1.88 bits per heavy atom. The largest absolute Gasteiger partial charge is 0.399 e. The maximum Gasteiger partial charge on any atom is 0.399 e. The average molecular weight is 631 g/mol. The van der Waals surface area contributed by atoms with E-state index in [9.17, 15) is 22.9 Å². The predicted octanol–water partition coefficient (Wildman–Crippen LogP) is 5.95. The molecule has 0 unspecified atom stereocenters. The number of nitrogens with zero attached hydrogens (tertiary/aromatic N) is 2. The molecule has 1 saturated heterocycles. The number of fused-ring (bicyclic) bond motifs is 1. The summed E-state index contributed by atoms with van der Waals surface area (Å²) in [5.41, 5.74) is -4.38. The average Bonchev–Trinajstić information content (AvgIpc) is 3.69. The van der Waals surface area contributed by atoms with Crippen LogP contribution in [0.25, 0.3) is 10.9 Å². The fourth-order valence-electron chi connectivity index (χ4n) is 5.28. The van der Waals surface area contributed by atoms with Gasteiger partial charge in [0.2, 0.25) is 5.91 Å². The molecule has 0 saturated carbocycles. The highest BCUT2D eigenvalue weighted by Crippen LogP contribution is 2.59. The molecule has 0 radical (unpaired) electrons. The minimum Gasteiger partial charge on any atom is -0.351 e. The Labute approximate surface area is 251 Å². The summed E-state index contributed by atoms with van der Waals surface area (Å²) in [6, 6.07) is 13.4. The summed E-state index contributed by atoms with van der Waals surface area (Å²) in [6.45, 7) is 6.08. The number of thiazole rings is 1. The Kier molecular flexibility index (Phi) is 8.34. The van der Waals surface area contributed by atoms with Gasteiger partial charge in [-0.25, -0.2) is 4.98 Å². The van der Waals surface area contributed by atoms with Crippen molar-refractivity contribution in [2.75, 3.05) is 6.54 Å². The molecule has 0 bridgehead atoms. The molecule has 0 aliphatic carbocycles. The summed E-state index contributed by atoms with van der Waals surface area (Å²) in [4.78, 5) is 55.9. The van der Waals surface area contributed by atoms with Crippen molar-refractivity contribution in [3.63, 3.8) is 0 Å². The lowest BCUT2D eigenvalue weighted by atomic mass is 9.85. The van der Waals surface area contributed by atoms with Gasteiger partial charge in [-0.15, -0.1) is 11.3 Å². The van der Waals surface area contributed by atoms with Gasteiger partial charge in [0, 0.05) is 40.5 Å². The number of carbonyl (C=O) groups excluding carboxylic acids is 2. The normalized spacial score (nSPS) is 16.9. The molecule has 1 aliphatic heterocycles. The maximum absolute atomic E-state index is 14.3. The summed E-state index contributed by atoms with van der Waals surface area (Å²) >= 11 is 1.58. The topological polar surface area (TPSA) is 136 Å². The van der Waals surface area contributed by atoms with Crippen LogP contribution in [0.5, 0.6) is 0 Å². The van der Waals surface area contributed by atoms with Crippen molar-refractivity contribution in [2.45, 2.75) is 57.8 Å². The van der Waals surface area contributed by atoms with E-state index in [1.165, 1.54) is 17.7 Å². The van der Waals surface area contributed by atoms with Crippen molar-refractivity contribution in [2.24, 2.45) is 5.41 Å². The number of nitrogens with one attached hydrogen (secondary N) is 2. The highest BCUT2D eigenvalue weighted by Gasteiger charge is 2.50. The molecular weight excluding hydrogens is 597 g/mol. The molecule has 3 heterocycles. The smallest absolute Gasteiger partial charge is 0.351 e. The molecule has 43 heavy (non-hydrogen) atoms. The second-order valence-corrected chi connectivity index (χ2v) is 14.7. The van der Waals surface area contributed by atoms with Gasteiger partial charge in [-0.2, -0.15) is 8.78 Å². The van der Waals surface area contributed by atoms with Crippen LogP contribution in [0.15, 0.2) is 60.8 Å². The van der Waals surface area contributed by atoms with Crippen molar-refractivity contribution in [3.8, 4) is 0 Å². The summed E-state index contributed by atoms with van der Waals surface area (Å²) in [6.07, 6.45) is 4.17. The predicted molar refractivity (Wildman–Crippen MR) is 160 cm³/mol. The summed E-state index contributed by atoms with van der Waals surface area (Å²) < 4.78 is 39.8. The zero-order valence-electron chi connectivity index (χ0n) is 23.9. The summed E-state index contributed by atoms with van der Waals surface area (Å²) in [5, 5.41) is 3.87. The van der Waals surface area contributed by atoms with E-state index in [1.807, 2.05) is 45.2 Å². The molecule has 0 spiro atoms. The van der Waals surface area contributed by atoms with E-state index < -0.39 is 36.2 Å². The number of alkyl halides is 2. The Morgan fingerprint density at radius 3 is 2.56 bits per heavy atom. The van der Waals surface area contributed by atoms with E-state index in [4.69, 9.17) is 9.79 Å². The van der Waals surface area contributed by atoms with Crippen molar-refractivity contribution >= 4 is 41.6 Å². The van der Waals surface area contributed by atoms with E-state index in [2.05, 4.69) is 27.4 Å². The maximum atomic E-state index is 14.3. The Balaban J connectivity index is 1.34. The lowest BCUT2D eigenvalue weighted by Crippen LogP contribution is -2.54. The van der Waals surface area contributed by atoms with Gasteiger partial charge in [0.25, 0.3) is 5.91 Å². The third kappa shape index (κ3) is 6.43. The van der Waals surface area contributed by atoms with Crippen molar-refractivity contribution in [1.29, 1.82) is 0 Å². The van der Waals surface area contributed by atoms with Gasteiger partial charge in [-0.1, -0.05) is 57.2 Å². The SMILES string of the molecule is CC(C)(C)[C@H](NC(=O)c1cc2cc(C(F)(F)P(=O)(O)O)ccc2[nH]1)C(=O)N1CCC[C@H]1c1ncc(Cc2ccccc2)s1. The lowest BCUT2D eigenvalue weighted by molar-refractivity contribution is -0.136. The third-order valence-corrected chi connectivity index (χ3v) is 9.67. The first-order chi connectivity index (χ1) is 20.1. The highest BCUT2D eigenvalue weighted by molar-refractivity contribution is 7.52. The standard InChI is InChI=1S/C30H33F2N4O5PS/c1-29(2,3)25(35-26(37)23-16-19-15-20(11-12-22(19)34-23)30(31,32)42(39,40)41)28(38)36-13-7-10-24(36)27-33-17-21(43-27)14-18-8-5-4-6-9-18/h4-6,8-9,11-12,15-17,24-25,34H,7,10,13-14H2,1-3H3,(H,35,37)(H2,39,40,41)/t24-,25+/m0/s1. The number of halogens is 2. The third-order valence-electron chi connectivity index (χ3n) is 7.58. The van der Waals surface area contributed by atoms with Gasteiger partial charge in [-0.05, 0) is 42.0 Å². The molecule has 2 aromatic carbocycles. The quantitative estimate of drug-likeness (QED) is 0.178. The van der Waals surface area contributed by atoms with E-state index in [-0.39, 0.29) is 23.0 Å². The van der Waals surface area contributed by atoms with E-state index in [1.54, 1.807) is 16.2 Å². The fourth-order valence-corrected chi connectivity index (χ4v) is 6.85. The number of likely N-dealkylation sites (tertiary alicyclic amines) is 1. The van der Waals surface area contributed by atoms with Gasteiger partial charge < -0.3 is 25.0 Å². The van der Waals surface area contributed by atoms with Gasteiger partial charge in [0.15, 0.2) is 0 Å². The van der Waals surface area contributed by atoms with Crippen LogP contribution in [0.1, 0.15) is 71.2 Å². The fraction of sp³-hybridized carbons (Fsp3) is 0.367. The molecular formula is C30H33F2N4O5PS. The Hall–Kier alpha value is -3.44. The Morgan fingerprint density at radius 1 is 1.16 bits per heavy atom. The number of amides is 2. The van der Waals surface area contributed by atoms with Crippen LogP contribution in [0.4, 0.5) is 8.78 Å². The summed E-state index contributed by atoms with van der Waals surface area (Å²) in [5.74, 6) is -0.842. The van der Waals surface area contributed by atoms with Crippen LogP contribution in [-0.2, 0) is 21.4 Å². The van der Waals surface area contributed by atoms with E-state index in [0.29, 0.717) is 12.1 Å². The van der Waals surface area contributed by atoms with Crippen LogP contribution in [0.2, 0.25) is 0 Å². The van der Waals surface area contributed by atoms with E-state index >= 15 is 0 Å². The molecule has 4 N–H and O–H groups in total. The molecule has 5 rings (SSSR count). The first-order valence-electron chi connectivity index (χ1n) is 13.8. The zero-order chi connectivity index (χ0) is 31.2. The van der Waals surface area contributed by atoms with Gasteiger partial charge in [0.1, 0.15) is 16.7 Å². The molecule has 2 amide bonds. The molecule has 4 aromatic rings. The number of H-pyrrole nitrogens is 1. The van der Waals surface area contributed by atoms with Crippen LogP contribution in [0, 0.1) is 5.41 Å². The highest BCUT2D eigenvalue weighted by atomic mass is 32.1. The number of aromatic nitrogens is 2. The monoisotopic (exact) mass is 630 g/mol. The molecule has 1 aliphatic rings. The van der Waals surface area contributed by atoms with Crippen molar-refractivity contribution in [1.82, 2.24) is 20.2 Å². The molecule has 1 fully saturated rings. The molecule has 228 valence electrons. The minimum atomic E-state index is -5.75. The summed E-state index contributed by atoms with van der Waals surface area (Å²) in [7, 11) is -5.75. The first kappa shape index (κ1) is 31.0. The lowest BCUT2D eigenvalue weighted by Gasteiger charge is -2.35. The van der Waals surface area contributed by atoms with Crippen molar-refractivity contribution in [3.05, 3.63) is 87.5 Å². The molecule has 2 aromatic heterocycles. The van der Waals surface area contributed by atoms with Crippen molar-refractivity contribution < 1.29 is 32.7 Å². The second kappa shape index (κ2) is 11.6. The molecule has 9 nitrogen and oxygen atoms in total. The molecule has 13 heteroatoms. The number of aromatic amines is 1. The number of carbonyl (C=O) groups is 2. The first-order valence-corrected chi connectivity index (χ1v) is 16.2.